The minimum atomic E-state index is -0.402. The zero-order valence-corrected chi connectivity index (χ0v) is 10.5. The summed E-state index contributed by atoms with van der Waals surface area (Å²) in [5.74, 6) is 0.805. The van der Waals surface area contributed by atoms with Crippen molar-refractivity contribution in [3.63, 3.8) is 0 Å². The molecule has 0 fully saturated rings. The monoisotopic (exact) mass is 234 g/mol. The van der Waals surface area contributed by atoms with Crippen LogP contribution in [0.5, 0.6) is 5.75 Å². The molecule has 0 aliphatic carbocycles. The van der Waals surface area contributed by atoms with Gasteiger partial charge in [0.2, 0.25) is 0 Å². The highest BCUT2D eigenvalue weighted by Gasteiger charge is 2.32. The molecule has 2 rings (SSSR count). The van der Waals surface area contributed by atoms with Crippen LogP contribution >= 0.6 is 0 Å². The van der Waals surface area contributed by atoms with Crippen LogP contribution < -0.4 is 15.0 Å². The van der Waals surface area contributed by atoms with Gasteiger partial charge < -0.3 is 15.0 Å². The van der Waals surface area contributed by atoms with E-state index in [1.807, 2.05) is 30.1 Å². The quantitative estimate of drug-likeness (QED) is 0.872. The molecule has 1 aromatic rings. The number of anilines is 2. The smallest absolute Gasteiger partial charge is 0.267 e. The molecule has 0 saturated heterocycles. The SMILES string of the molecule is CCCN1C(=O)C(C)Oc2cccc(NC)c21. The van der Waals surface area contributed by atoms with E-state index in [4.69, 9.17) is 4.74 Å². The van der Waals surface area contributed by atoms with Crippen LogP contribution in [0.3, 0.4) is 0 Å². The fraction of sp³-hybridized carbons (Fsp3) is 0.462. The summed E-state index contributed by atoms with van der Waals surface area (Å²) >= 11 is 0. The number of carbonyl (C=O) groups excluding carboxylic acids is 1. The normalized spacial score (nSPS) is 18.6. The Labute approximate surface area is 102 Å². The van der Waals surface area contributed by atoms with Crippen molar-refractivity contribution in [1.82, 2.24) is 0 Å². The molecule has 1 amide bonds. The Kier molecular flexibility index (Phi) is 3.22. The first-order chi connectivity index (χ1) is 8.19. The Bertz CT molecular complexity index is 431. The van der Waals surface area contributed by atoms with Gasteiger partial charge in [-0.05, 0) is 25.5 Å². The molecular weight excluding hydrogens is 216 g/mol. The van der Waals surface area contributed by atoms with Crippen molar-refractivity contribution in [1.29, 1.82) is 0 Å². The molecule has 1 heterocycles. The number of fused-ring (bicyclic) bond motifs is 1. The summed E-state index contributed by atoms with van der Waals surface area (Å²) in [6.07, 6.45) is 0.525. The Morgan fingerprint density at radius 3 is 2.88 bits per heavy atom. The van der Waals surface area contributed by atoms with Crippen molar-refractivity contribution in [2.24, 2.45) is 0 Å². The van der Waals surface area contributed by atoms with Crippen LogP contribution in [0.2, 0.25) is 0 Å². The number of para-hydroxylation sites is 1. The lowest BCUT2D eigenvalue weighted by molar-refractivity contribution is -0.125. The maximum absolute atomic E-state index is 12.1. The minimum absolute atomic E-state index is 0.0297. The number of hydrogen-bond donors (Lipinski definition) is 1. The van der Waals surface area contributed by atoms with Crippen molar-refractivity contribution in [3.05, 3.63) is 18.2 Å². The van der Waals surface area contributed by atoms with Crippen LogP contribution in [0.25, 0.3) is 0 Å². The largest absolute Gasteiger partial charge is 0.479 e. The standard InChI is InChI=1S/C13H18N2O2/c1-4-8-15-12-10(14-3)6-5-7-11(12)17-9(2)13(15)16/h5-7,9,14H,4,8H2,1-3H3. The Hall–Kier alpha value is -1.71. The molecule has 0 bridgehead atoms. The summed E-state index contributed by atoms with van der Waals surface area (Å²) in [6.45, 7) is 4.58. The molecule has 4 nitrogen and oxygen atoms in total. The predicted octanol–water partition coefficient (Wildman–Crippen LogP) is 2.25. The van der Waals surface area contributed by atoms with E-state index in [1.54, 1.807) is 6.92 Å². The van der Waals surface area contributed by atoms with Gasteiger partial charge in [-0.15, -0.1) is 0 Å². The summed E-state index contributed by atoms with van der Waals surface area (Å²) in [5.41, 5.74) is 1.79. The summed E-state index contributed by atoms with van der Waals surface area (Å²) in [6, 6.07) is 5.78. The van der Waals surface area contributed by atoms with Gasteiger partial charge in [0.05, 0.1) is 5.69 Å². The lowest BCUT2D eigenvalue weighted by Gasteiger charge is -2.34. The number of amides is 1. The van der Waals surface area contributed by atoms with Gasteiger partial charge in [0.15, 0.2) is 6.10 Å². The van der Waals surface area contributed by atoms with E-state index in [2.05, 4.69) is 12.2 Å². The number of hydrogen-bond acceptors (Lipinski definition) is 3. The molecule has 1 aliphatic heterocycles. The number of nitrogens with one attached hydrogen (secondary N) is 1. The van der Waals surface area contributed by atoms with Crippen molar-refractivity contribution in [2.45, 2.75) is 26.4 Å². The van der Waals surface area contributed by atoms with Crippen LogP contribution in [0.4, 0.5) is 11.4 Å². The number of rotatable bonds is 3. The Morgan fingerprint density at radius 1 is 1.47 bits per heavy atom. The fourth-order valence-electron chi connectivity index (χ4n) is 2.11. The average molecular weight is 234 g/mol. The number of nitrogens with zero attached hydrogens (tertiary/aromatic N) is 1. The topological polar surface area (TPSA) is 41.6 Å². The van der Waals surface area contributed by atoms with Crippen LogP contribution in [0.1, 0.15) is 20.3 Å². The Morgan fingerprint density at radius 2 is 2.24 bits per heavy atom. The fourth-order valence-corrected chi connectivity index (χ4v) is 2.11. The Balaban J connectivity index is 2.51. The maximum atomic E-state index is 12.1. The number of ether oxygens (including phenoxy) is 1. The molecule has 0 aromatic heterocycles. The predicted molar refractivity (Wildman–Crippen MR) is 68.7 cm³/mol. The van der Waals surface area contributed by atoms with Crippen molar-refractivity contribution in [3.8, 4) is 5.75 Å². The third-order valence-corrected chi connectivity index (χ3v) is 2.90. The van der Waals surface area contributed by atoms with Gasteiger partial charge >= 0.3 is 0 Å². The minimum Gasteiger partial charge on any atom is -0.479 e. The molecule has 1 aromatic carbocycles. The van der Waals surface area contributed by atoms with Crippen molar-refractivity contribution < 1.29 is 9.53 Å². The zero-order valence-electron chi connectivity index (χ0n) is 10.5. The lowest BCUT2D eigenvalue weighted by Crippen LogP contribution is -2.45. The first-order valence-electron chi connectivity index (χ1n) is 5.97. The molecule has 17 heavy (non-hydrogen) atoms. The molecule has 1 unspecified atom stereocenters. The lowest BCUT2D eigenvalue weighted by atomic mass is 10.1. The maximum Gasteiger partial charge on any atom is 0.267 e. The van der Waals surface area contributed by atoms with E-state index >= 15 is 0 Å². The van der Waals surface area contributed by atoms with Crippen LogP contribution in [0, 0.1) is 0 Å². The van der Waals surface area contributed by atoms with Crippen LogP contribution in [-0.2, 0) is 4.79 Å². The van der Waals surface area contributed by atoms with E-state index < -0.39 is 6.10 Å². The van der Waals surface area contributed by atoms with Gasteiger partial charge in [0.1, 0.15) is 11.4 Å². The van der Waals surface area contributed by atoms with Gasteiger partial charge in [0.25, 0.3) is 5.91 Å². The first kappa shape index (κ1) is 11.8. The molecule has 0 spiro atoms. The molecule has 1 atom stereocenters. The second-order valence-corrected chi connectivity index (χ2v) is 4.15. The van der Waals surface area contributed by atoms with Crippen LogP contribution in [0.15, 0.2) is 18.2 Å². The molecule has 1 aliphatic rings. The molecule has 0 saturated carbocycles. The van der Waals surface area contributed by atoms with Crippen molar-refractivity contribution in [2.75, 3.05) is 23.8 Å². The zero-order chi connectivity index (χ0) is 12.4. The van der Waals surface area contributed by atoms with Crippen molar-refractivity contribution >= 4 is 17.3 Å². The van der Waals surface area contributed by atoms with Gasteiger partial charge in [-0.25, -0.2) is 0 Å². The van der Waals surface area contributed by atoms with E-state index in [1.165, 1.54) is 0 Å². The molecule has 92 valence electrons. The second-order valence-electron chi connectivity index (χ2n) is 4.15. The number of carbonyl (C=O) groups is 1. The summed E-state index contributed by atoms with van der Waals surface area (Å²) in [4.78, 5) is 13.9. The number of benzene rings is 1. The van der Waals surface area contributed by atoms with Gasteiger partial charge in [-0.1, -0.05) is 13.0 Å². The summed E-state index contributed by atoms with van der Waals surface area (Å²) in [5, 5.41) is 3.10. The van der Waals surface area contributed by atoms with Crippen LogP contribution in [-0.4, -0.2) is 25.6 Å². The highest BCUT2D eigenvalue weighted by molar-refractivity contribution is 6.03. The highest BCUT2D eigenvalue weighted by atomic mass is 16.5. The van der Waals surface area contributed by atoms with Gasteiger partial charge in [-0.2, -0.15) is 0 Å². The van der Waals surface area contributed by atoms with E-state index in [9.17, 15) is 4.79 Å². The van der Waals surface area contributed by atoms with E-state index in [0.717, 1.165) is 30.1 Å². The molecule has 0 radical (unpaired) electrons. The molecular formula is C13H18N2O2. The molecule has 4 heteroatoms. The summed E-state index contributed by atoms with van der Waals surface area (Å²) in [7, 11) is 1.85. The van der Waals surface area contributed by atoms with E-state index in [-0.39, 0.29) is 5.91 Å². The van der Waals surface area contributed by atoms with Gasteiger partial charge in [-0.3, -0.25) is 4.79 Å². The molecule has 1 N–H and O–H groups in total. The highest BCUT2D eigenvalue weighted by Crippen LogP contribution is 2.40. The first-order valence-corrected chi connectivity index (χ1v) is 5.97. The third kappa shape index (κ3) is 1.95. The third-order valence-electron chi connectivity index (χ3n) is 2.90. The van der Waals surface area contributed by atoms with Gasteiger partial charge in [0, 0.05) is 13.6 Å². The summed E-state index contributed by atoms with van der Waals surface area (Å²) < 4.78 is 5.63. The second kappa shape index (κ2) is 4.65. The van der Waals surface area contributed by atoms with E-state index in [0.29, 0.717) is 0 Å². The average Bonchev–Trinajstić information content (AvgIpc) is 2.34.